The van der Waals surface area contributed by atoms with Gasteiger partial charge in [0.2, 0.25) is 0 Å². The number of nitrogens with zero attached hydrogens (tertiary/aromatic N) is 4. The Morgan fingerprint density at radius 3 is 2.38 bits per heavy atom. The maximum atomic E-state index is 6.34. The lowest BCUT2D eigenvalue weighted by molar-refractivity contribution is 0.270. The number of benzene rings is 1. The number of nitrogens with two attached hydrogens (primary N) is 1. The van der Waals surface area contributed by atoms with Crippen LogP contribution in [0.5, 0.6) is 0 Å². The minimum absolute atomic E-state index is 0.613. The molecule has 6 heteroatoms. The maximum Gasteiger partial charge on any atom is 0.159 e. The molecule has 6 nitrogen and oxygen atoms in total. The fraction of sp³-hybridized carbons (Fsp3) is 0.444. The number of hydrogen-bond acceptors (Lipinski definition) is 6. The van der Waals surface area contributed by atoms with Crippen LogP contribution in [0.1, 0.15) is 19.4 Å². The van der Waals surface area contributed by atoms with Gasteiger partial charge in [0, 0.05) is 31.9 Å². The lowest BCUT2D eigenvalue weighted by Crippen LogP contribution is -2.46. The van der Waals surface area contributed by atoms with Gasteiger partial charge < -0.3 is 20.9 Å². The quantitative estimate of drug-likeness (QED) is 0.880. The summed E-state index contributed by atoms with van der Waals surface area (Å²) >= 11 is 0. The summed E-state index contributed by atoms with van der Waals surface area (Å²) < 4.78 is 0. The molecule has 1 fully saturated rings. The van der Waals surface area contributed by atoms with Crippen molar-refractivity contribution < 1.29 is 0 Å². The lowest BCUT2D eigenvalue weighted by atomic mass is 10.1. The number of hydrogen-bond donors (Lipinski definition) is 2. The Labute approximate surface area is 143 Å². The van der Waals surface area contributed by atoms with Gasteiger partial charge in [-0.05, 0) is 30.7 Å². The molecule has 3 rings (SSSR count). The van der Waals surface area contributed by atoms with Gasteiger partial charge in [-0.3, -0.25) is 0 Å². The van der Waals surface area contributed by atoms with Crippen LogP contribution in [-0.2, 0) is 6.42 Å². The fourth-order valence-corrected chi connectivity index (χ4v) is 2.97. The number of piperazine rings is 1. The van der Waals surface area contributed by atoms with Crippen LogP contribution in [0.25, 0.3) is 0 Å². The molecule has 0 aliphatic carbocycles. The van der Waals surface area contributed by atoms with E-state index in [1.54, 1.807) is 6.33 Å². The van der Waals surface area contributed by atoms with Gasteiger partial charge >= 0.3 is 0 Å². The first-order valence-electron chi connectivity index (χ1n) is 8.65. The molecule has 0 spiro atoms. The molecular weight excluding hydrogens is 300 g/mol. The molecule has 1 aromatic carbocycles. The van der Waals surface area contributed by atoms with Crippen LogP contribution in [0.4, 0.5) is 23.0 Å². The predicted molar refractivity (Wildman–Crippen MR) is 99.9 cm³/mol. The minimum Gasteiger partial charge on any atom is -0.393 e. The van der Waals surface area contributed by atoms with Gasteiger partial charge in [-0.1, -0.05) is 26.0 Å². The van der Waals surface area contributed by atoms with Gasteiger partial charge in [-0.15, -0.1) is 0 Å². The number of aryl methyl sites for hydroxylation is 1. The van der Waals surface area contributed by atoms with E-state index < -0.39 is 0 Å². The number of nitrogens with one attached hydrogen (secondary N) is 1. The van der Waals surface area contributed by atoms with E-state index in [1.807, 2.05) is 0 Å². The Morgan fingerprint density at radius 2 is 1.75 bits per heavy atom. The molecule has 0 bridgehead atoms. The molecule has 0 amide bonds. The fourth-order valence-electron chi connectivity index (χ4n) is 2.97. The second-order valence-corrected chi connectivity index (χ2v) is 6.06. The number of likely N-dealkylation sites (N-methyl/N-ethyl adjacent to an activating group) is 1. The molecule has 0 radical (unpaired) electrons. The highest BCUT2D eigenvalue weighted by Crippen LogP contribution is 2.29. The molecule has 1 aromatic heterocycles. The zero-order chi connectivity index (χ0) is 16.9. The van der Waals surface area contributed by atoms with Gasteiger partial charge in [0.05, 0.1) is 0 Å². The molecule has 1 saturated heterocycles. The van der Waals surface area contributed by atoms with Crippen LogP contribution in [0, 0.1) is 0 Å². The van der Waals surface area contributed by atoms with E-state index in [2.05, 4.69) is 63.2 Å². The first-order valence-corrected chi connectivity index (χ1v) is 8.65. The van der Waals surface area contributed by atoms with Gasteiger partial charge in [0.15, 0.2) is 11.6 Å². The van der Waals surface area contributed by atoms with Gasteiger partial charge in [-0.2, -0.15) is 0 Å². The minimum atomic E-state index is 0.613. The first-order chi connectivity index (χ1) is 11.7. The molecule has 3 N–H and O–H groups in total. The summed E-state index contributed by atoms with van der Waals surface area (Å²) in [6.45, 7) is 9.41. The molecule has 128 valence electrons. The molecule has 0 saturated carbocycles. The average Bonchev–Trinajstić information content (AvgIpc) is 2.64. The first kappa shape index (κ1) is 16.5. The van der Waals surface area contributed by atoms with E-state index in [0.717, 1.165) is 50.6 Å². The Morgan fingerprint density at radius 1 is 1.04 bits per heavy atom. The van der Waals surface area contributed by atoms with Crippen LogP contribution in [0.2, 0.25) is 0 Å². The van der Waals surface area contributed by atoms with Crippen molar-refractivity contribution >= 4 is 23.0 Å². The third kappa shape index (κ3) is 3.59. The number of aromatic nitrogens is 2. The molecule has 2 aromatic rings. The van der Waals surface area contributed by atoms with Crippen LogP contribution in [0.3, 0.4) is 0 Å². The summed E-state index contributed by atoms with van der Waals surface area (Å²) in [5.74, 6) is 1.50. The van der Waals surface area contributed by atoms with E-state index >= 15 is 0 Å². The second-order valence-electron chi connectivity index (χ2n) is 6.06. The zero-order valence-electron chi connectivity index (χ0n) is 14.5. The standard InChI is InChI=1S/C18H26N6/c1-3-14-5-7-15(8-6-14)22-17-16(19)18(21-13-20-17)24-11-9-23(4-2)10-12-24/h5-8,13H,3-4,9-12,19H2,1-2H3,(H,20,21,22). The summed E-state index contributed by atoms with van der Waals surface area (Å²) in [6.07, 6.45) is 2.62. The smallest absolute Gasteiger partial charge is 0.159 e. The molecule has 1 aliphatic heterocycles. The van der Waals surface area contributed by atoms with Crippen molar-refractivity contribution in [1.82, 2.24) is 14.9 Å². The number of anilines is 4. The Hall–Kier alpha value is -2.34. The van der Waals surface area contributed by atoms with E-state index in [4.69, 9.17) is 5.73 Å². The molecule has 0 unspecified atom stereocenters. The van der Waals surface area contributed by atoms with Crippen molar-refractivity contribution in [1.29, 1.82) is 0 Å². The monoisotopic (exact) mass is 326 g/mol. The van der Waals surface area contributed by atoms with Crippen LogP contribution >= 0.6 is 0 Å². The summed E-state index contributed by atoms with van der Waals surface area (Å²) in [7, 11) is 0. The SMILES string of the molecule is CCc1ccc(Nc2ncnc(N3CCN(CC)CC3)c2N)cc1. The van der Waals surface area contributed by atoms with Crippen molar-refractivity contribution in [2.45, 2.75) is 20.3 Å². The molecule has 0 atom stereocenters. The highest BCUT2D eigenvalue weighted by Gasteiger charge is 2.20. The number of nitrogen functional groups attached to an aromatic ring is 1. The van der Waals surface area contributed by atoms with Crippen molar-refractivity contribution in [2.24, 2.45) is 0 Å². The third-order valence-corrected chi connectivity index (χ3v) is 4.61. The zero-order valence-corrected chi connectivity index (χ0v) is 14.5. The highest BCUT2D eigenvalue weighted by atomic mass is 15.3. The lowest BCUT2D eigenvalue weighted by Gasteiger charge is -2.35. The van der Waals surface area contributed by atoms with E-state index in [1.165, 1.54) is 5.56 Å². The van der Waals surface area contributed by atoms with Crippen LogP contribution in [-0.4, -0.2) is 47.6 Å². The predicted octanol–water partition coefficient (Wildman–Crippen LogP) is 2.51. The molecule has 1 aliphatic rings. The average molecular weight is 326 g/mol. The van der Waals surface area contributed by atoms with Gasteiger partial charge in [0.25, 0.3) is 0 Å². The van der Waals surface area contributed by atoms with Crippen molar-refractivity contribution in [2.75, 3.05) is 48.7 Å². The molecule has 24 heavy (non-hydrogen) atoms. The van der Waals surface area contributed by atoms with Crippen molar-refractivity contribution in [3.05, 3.63) is 36.2 Å². The van der Waals surface area contributed by atoms with E-state index in [9.17, 15) is 0 Å². The Kier molecular flexibility index (Phi) is 5.15. The van der Waals surface area contributed by atoms with Gasteiger partial charge in [-0.25, -0.2) is 9.97 Å². The highest BCUT2D eigenvalue weighted by molar-refractivity contribution is 5.78. The normalized spacial score (nSPS) is 15.5. The Bertz CT molecular complexity index is 662. The van der Waals surface area contributed by atoms with E-state index in [0.29, 0.717) is 11.5 Å². The van der Waals surface area contributed by atoms with Crippen LogP contribution in [0.15, 0.2) is 30.6 Å². The number of rotatable bonds is 5. The Balaban J connectivity index is 1.75. The van der Waals surface area contributed by atoms with Crippen molar-refractivity contribution in [3.8, 4) is 0 Å². The summed E-state index contributed by atoms with van der Waals surface area (Å²) in [4.78, 5) is 13.4. The third-order valence-electron chi connectivity index (χ3n) is 4.61. The van der Waals surface area contributed by atoms with Crippen LogP contribution < -0.4 is 16.0 Å². The maximum absolute atomic E-state index is 6.34. The molecular formula is C18H26N6. The topological polar surface area (TPSA) is 70.3 Å². The summed E-state index contributed by atoms with van der Waals surface area (Å²) in [5, 5.41) is 3.31. The van der Waals surface area contributed by atoms with Crippen molar-refractivity contribution in [3.63, 3.8) is 0 Å². The van der Waals surface area contributed by atoms with E-state index in [-0.39, 0.29) is 0 Å². The molecule has 2 heterocycles. The summed E-state index contributed by atoms with van der Waals surface area (Å²) in [5.41, 5.74) is 9.25. The van der Waals surface area contributed by atoms with Gasteiger partial charge in [0.1, 0.15) is 12.0 Å². The second kappa shape index (κ2) is 7.49. The largest absolute Gasteiger partial charge is 0.393 e. The summed E-state index contributed by atoms with van der Waals surface area (Å²) in [6, 6.07) is 8.34.